The molecule has 1 saturated heterocycles. The average Bonchev–Trinajstić information content (AvgIpc) is 3.13. The number of guanidine groups is 1. The smallest absolute Gasteiger partial charge is 0.224 e. The lowest BCUT2D eigenvalue weighted by molar-refractivity contribution is 0.355. The summed E-state index contributed by atoms with van der Waals surface area (Å²) >= 11 is 0. The van der Waals surface area contributed by atoms with Gasteiger partial charge in [-0.05, 0) is 54.6 Å². The van der Waals surface area contributed by atoms with Crippen molar-refractivity contribution in [2.45, 2.75) is 72.1 Å². The fourth-order valence-electron chi connectivity index (χ4n) is 4.92. The molecule has 2 fully saturated rings. The molecule has 3 rings (SSSR count). The van der Waals surface area contributed by atoms with Crippen molar-refractivity contribution in [1.82, 2.24) is 4.90 Å². The lowest BCUT2D eigenvalue weighted by Gasteiger charge is -2.28. The summed E-state index contributed by atoms with van der Waals surface area (Å²) in [5, 5.41) is 0. The average molecular weight is 439 g/mol. The summed E-state index contributed by atoms with van der Waals surface area (Å²) in [6.45, 7) is 13.2. The number of piperidine rings is 1. The standard InChI is InChI=1S/C27H39FN4/c1-5-22-8-7-9-23(25(22)28)12-17-31-26(29-6-2)32-18-13-24(14-19-32)30-16-11-21-10-15-27(3,4)20-21/h6-9,17,21H,2,5,10-16,18-20H2,1,3-4H3/b29-26+,31-17-. The van der Waals surface area contributed by atoms with Gasteiger partial charge in [-0.2, -0.15) is 0 Å². The lowest BCUT2D eigenvalue weighted by Crippen LogP contribution is -2.38. The summed E-state index contributed by atoms with van der Waals surface area (Å²) < 4.78 is 14.4. The molecule has 2 aliphatic rings. The van der Waals surface area contributed by atoms with Gasteiger partial charge in [0.2, 0.25) is 5.96 Å². The highest BCUT2D eigenvalue weighted by Crippen LogP contribution is 2.42. The zero-order valence-corrected chi connectivity index (χ0v) is 20.1. The molecular formula is C27H39FN4. The molecule has 1 aliphatic heterocycles. The van der Waals surface area contributed by atoms with Crippen molar-refractivity contribution < 1.29 is 4.39 Å². The van der Waals surface area contributed by atoms with Gasteiger partial charge in [0.15, 0.2) is 0 Å². The van der Waals surface area contributed by atoms with Gasteiger partial charge in [-0.25, -0.2) is 14.4 Å². The van der Waals surface area contributed by atoms with E-state index in [1.165, 1.54) is 37.6 Å². The molecule has 1 aliphatic carbocycles. The molecule has 1 heterocycles. The number of halogens is 1. The number of hydrogen-bond donors (Lipinski definition) is 0. The zero-order valence-electron chi connectivity index (χ0n) is 20.1. The van der Waals surface area contributed by atoms with Crippen molar-refractivity contribution in [3.8, 4) is 0 Å². The number of rotatable bonds is 7. The van der Waals surface area contributed by atoms with E-state index in [2.05, 4.69) is 35.3 Å². The minimum absolute atomic E-state index is 0.122. The van der Waals surface area contributed by atoms with E-state index in [4.69, 9.17) is 4.99 Å². The Hall–Kier alpha value is -2.30. The summed E-state index contributed by atoms with van der Waals surface area (Å²) in [5.74, 6) is 1.38. The molecule has 0 spiro atoms. The van der Waals surface area contributed by atoms with E-state index in [1.807, 2.05) is 25.1 Å². The maximum atomic E-state index is 14.4. The first-order chi connectivity index (χ1) is 15.4. The Kier molecular flexibility index (Phi) is 8.77. The highest BCUT2D eigenvalue weighted by atomic mass is 19.1. The first-order valence-corrected chi connectivity index (χ1v) is 12.2. The predicted molar refractivity (Wildman–Crippen MR) is 134 cm³/mol. The first-order valence-electron chi connectivity index (χ1n) is 12.2. The van der Waals surface area contributed by atoms with E-state index < -0.39 is 0 Å². The normalized spacial score (nSPS) is 21.4. The molecule has 0 amide bonds. The van der Waals surface area contributed by atoms with Gasteiger partial charge < -0.3 is 4.90 Å². The number of likely N-dealkylation sites (tertiary alicyclic amines) is 1. The van der Waals surface area contributed by atoms with E-state index in [9.17, 15) is 4.39 Å². The van der Waals surface area contributed by atoms with Crippen LogP contribution in [0.15, 0.2) is 46.0 Å². The highest BCUT2D eigenvalue weighted by molar-refractivity contribution is 5.91. The largest absolute Gasteiger partial charge is 0.340 e. The minimum atomic E-state index is -0.122. The fourth-order valence-corrected chi connectivity index (χ4v) is 4.92. The molecule has 0 bridgehead atoms. The third-order valence-electron chi connectivity index (χ3n) is 6.83. The number of hydrogen-bond acceptors (Lipinski definition) is 2. The molecule has 5 heteroatoms. The van der Waals surface area contributed by atoms with Gasteiger partial charge in [0, 0.05) is 57.0 Å². The van der Waals surface area contributed by atoms with Gasteiger partial charge in [-0.15, -0.1) is 0 Å². The van der Waals surface area contributed by atoms with Gasteiger partial charge in [0.05, 0.1) is 0 Å². The number of nitrogens with zero attached hydrogens (tertiary/aromatic N) is 4. The number of aliphatic imine (C=N–C) groups is 3. The minimum Gasteiger partial charge on any atom is -0.340 e. The van der Waals surface area contributed by atoms with Crippen molar-refractivity contribution in [2.24, 2.45) is 26.3 Å². The zero-order chi connectivity index (χ0) is 23.0. The van der Waals surface area contributed by atoms with Crippen LogP contribution in [0, 0.1) is 17.2 Å². The van der Waals surface area contributed by atoms with Gasteiger partial charge >= 0.3 is 0 Å². The number of benzene rings is 1. The van der Waals surface area contributed by atoms with Crippen LogP contribution in [0.4, 0.5) is 4.39 Å². The maximum Gasteiger partial charge on any atom is 0.224 e. The van der Waals surface area contributed by atoms with Crippen LogP contribution in [-0.2, 0) is 12.8 Å². The molecular weight excluding hydrogens is 399 g/mol. The number of aryl methyl sites for hydroxylation is 1. The van der Waals surface area contributed by atoms with Crippen LogP contribution in [0.1, 0.15) is 70.4 Å². The SMILES string of the molecule is C=C/N=C(\N=C/Cc1cccc(CC)c1F)N1CCC(=NCCC2CCC(C)(C)C2)CC1. The summed E-state index contributed by atoms with van der Waals surface area (Å²) in [5.41, 5.74) is 3.26. The second-order valence-electron chi connectivity index (χ2n) is 9.87. The van der Waals surface area contributed by atoms with E-state index in [0.717, 1.165) is 44.0 Å². The molecule has 1 unspecified atom stereocenters. The lowest BCUT2D eigenvalue weighted by atomic mass is 9.90. The summed E-state index contributed by atoms with van der Waals surface area (Å²) in [7, 11) is 0. The van der Waals surface area contributed by atoms with E-state index in [0.29, 0.717) is 29.8 Å². The van der Waals surface area contributed by atoms with Gasteiger partial charge in [0.1, 0.15) is 5.82 Å². The molecule has 1 aromatic carbocycles. The topological polar surface area (TPSA) is 40.3 Å². The van der Waals surface area contributed by atoms with Crippen LogP contribution < -0.4 is 0 Å². The quantitative estimate of drug-likeness (QED) is 0.366. The first kappa shape index (κ1) is 24.3. The van der Waals surface area contributed by atoms with Gasteiger partial charge in [-0.1, -0.05) is 45.5 Å². The maximum absolute atomic E-state index is 14.4. The molecule has 1 aromatic rings. The third kappa shape index (κ3) is 6.85. The van der Waals surface area contributed by atoms with E-state index >= 15 is 0 Å². The molecule has 174 valence electrons. The Balaban J connectivity index is 1.49. The third-order valence-corrected chi connectivity index (χ3v) is 6.83. The Labute approximate surface area is 193 Å². The Bertz CT molecular complexity index is 858. The summed E-state index contributed by atoms with van der Waals surface area (Å²) in [6, 6.07) is 5.56. The highest BCUT2D eigenvalue weighted by Gasteiger charge is 2.30. The van der Waals surface area contributed by atoms with E-state index in [-0.39, 0.29) is 5.82 Å². The second-order valence-corrected chi connectivity index (χ2v) is 9.87. The molecule has 32 heavy (non-hydrogen) atoms. The Morgan fingerprint density at radius 3 is 2.66 bits per heavy atom. The molecule has 0 N–H and O–H groups in total. The van der Waals surface area contributed by atoms with Crippen LogP contribution in [0.25, 0.3) is 0 Å². The predicted octanol–water partition coefficient (Wildman–Crippen LogP) is 6.25. The van der Waals surface area contributed by atoms with Crippen LogP contribution in [0.2, 0.25) is 0 Å². The summed E-state index contributed by atoms with van der Waals surface area (Å²) in [4.78, 5) is 16.0. The monoisotopic (exact) mass is 438 g/mol. The Morgan fingerprint density at radius 2 is 2.00 bits per heavy atom. The molecule has 0 aromatic heterocycles. The Morgan fingerprint density at radius 1 is 1.25 bits per heavy atom. The van der Waals surface area contributed by atoms with Crippen molar-refractivity contribution in [3.05, 3.63) is 47.9 Å². The van der Waals surface area contributed by atoms with Crippen molar-refractivity contribution in [1.29, 1.82) is 0 Å². The molecule has 1 saturated carbocycles. The van der Waals surface area contributed by atoms with Crippen molar-refractivity contribution in [3.63, 3.8) is 0 Å². The van der Waals surface area contributed by atoms with Crippen LogP contribution in [0.3, 0.4) is 0 Å². The second kappa shape index (κ2) is 11.5. The van der Waals surface area contributed by atoms with Crippen LogP contribution in [-0.4, -0.2) is 42.4 Å². The van der Waals surface area contributed by atoms with Gasteiger partial charge in [0.25, 0.3) is 0 Å². The summed E-state index contributed by atoms with van der Waals surface area (Å²) in [6.07, 6.45) is 11.6. The van der Waals surface area contributed by atoms with E-state index in [1.54, 1.807) is 6.21 Å². The molecule has 1 atom stereocenters. The molecule has 4 nitrogen and oxygen atoms in total. The van der Waals surface area contributed by atoms with Gasteiger partial charge in [-0.3, -0.25) is 4.99 Å². The van der Waals surface area contributed by atoms with Crippen LogP contribution >= 0.6 is 0 Å². The van der Waals surface area contributed by atoms with Crippen LogP contribution in [0.5, 0.6) is 0 Å². The van der Waals surface area contributed by atoms with Crippen molar-refractivity contribution >= 4 is 17.9 Å². The fraction of sp³-hybridized carbons (Fsp3) is 0.593. The van der Waals surface area contributed by atoms with Crippen molar-refractivity contribution in [2.75, 3.05) is 19.6 Å². The molecule has 0 radical (unpaired) electrons.